The second kappa shape index (κ2) is 3.94. The number of fused-ring (bicyclic) bond motifs is 1. The smallest absolute Gasteiger partial charge is 0.277 e. The molecule has 0 bridgehead atoms. The highest BCUT2D eigenvalue weighted by Crippen LogP contribution is 2.47. The Hall–Kier alpha value is -0.600. The standard InChI is InChI=1S/C9H12ClNO5S2/c1-2-17(13,14)9-7(11-8(9)12)6(3-4-10)5-18(9,15)16/h5,7H,2-4H2,1H3,(H,11,12)/t7-,9+/m0/s1. The molecule has 2 rings (SSSR count). The number of carbonyl (C=O) groups excluding carboxylic acids is 1. The van der Waals surface area contributed by atoms with Crippen LogP contribution < -0.4 is 5.32 Å². The van der Waals surface area contributed by atoms with Gasteiger partial charge in [0.25, 0.3) is 9.99 Å². The molecule has 1 saturated heterocycles. The van der Waals surface area contributed by atoms with Gasteiger partial charge in [-0.15, -0.1) is 11.6 Å². The van der Waals surface area contributed by atoms with Crippen molar-refractivity contribution < 1.29 is 21.6 Å². The lowest BCUT2D eigenvalue weighted by Gasteiger charge is -2.42. The molecule has 18 heavy (non-hydrogen) atoms. The molecule has 0 aromatic rings. The lowest BCUT2D eigenvalue weighted by molar-refractivity contribution is -0.128. The summed E-state index contributed by atoms with van der Waals surface area (Å²) in [4.78, 5) is 11.7. The van der Waals surface area contributed by atoms with E-state index >= 15 is 0 Å². The van der Waals surface area contributed by atoms with Crippen molar-refractivity contribution in [3.05, 3.63) is 11.0 Å². The molecule has 102 valence electrons. The summed E-state index contributed by atoms with van der Waals surface area (Å²) < 4.78 is 45.9. The van der Waals surface area contributed by atoms with Gasteiger partial charge in [0.15, 0.2) is 9.84 Å². The number of carbonyl (C=O) groups is 1. The van der Waals surface area contributed by atoms with Crippen LogP contribution in [-0.4, -0.2) is 44.5 Å². The zero-order valence-corrected chi connectivity index (χ0v) is 11.9. The lowest BCUT2D eigenvalue weighted by Crippen LogP contribution is -2.76. The molecule has 0 radical (unpaired) electrons. The van der Waals surface area contributed by atoms with E-state index in [0.717, 1.165) is 5.41 Å². The van der Waals surface area contributed by atoms with Crippen LogP contribution in [0.25, 0.3) is 0 Å². The van der Waals surface area contributed by atoms with Crippen molar-refractivity contribution in [1.29, 1.82) is 0 Å². The van der Waals surface area contributed by atoms with Gasteiger partial charge >= 0.3 is 0 Å². The summed E-state index contributed by atoms with van der Waals surface area (Å²) >= 11 is 5.54. The van der Waals surface area contributed by atoms with Crippen LogP contribution in [0.4, 0.5) is 0 Å². The highest BCUT2D eigenvalue weighted by atomic mass is 35.5. The first kappa shape index (κ1) is 13.8. The van der Waals surface area contributed by atoms with Crippen molar-refractivity contribution in [2.45, 2.75) is 23.5 Å². The highest BCUT2D eigenvalue weighted by molar-refractivity contribution is 8.13. The lowest BCUT2D eigenvalue weighted by atomic mass is 9.95. The van der Waals surface area contributed by atoms with E-state index in [1.165, 1.54) is 6.92 Å². The maximum Gasteiger partial charge on any atom is 0.277 e. The van der Waals surface area contributed by atoms with Gasteiger partial charge in [-0.2, -0.15) is 0 Å². The number of alkyl halides is 1. The highest BCUT2D eigenvalue weighted by Gasteiger charge is 2.75. The van der Waals surface area contributed by atoms with E-state index < -0.39 is 41.5 Å². The molecule has 2 atom stereocenters. The molecule has 0 aromatic carbocycles. The normalized spacial score (nSPS) is 33.3. The number of sulfone groups is 2. The van der Waals surface area contributed by atoms with Crippen molar-refractivity contribution in [2.75, 3.05) is 11.6 Å². The van der Waals surface area contributed by atoms with Crippen LogP contribution >= 0.6 is 11.6 Å². The van der Waals surface area contributed by atoms with Gasteiger partial charge in [0.2, 0.25) is 9.84 Å². The SMILES string of the molecule is CCS(=O)(=O)[C@]12C(=O)N[C@H]1C(CCCl)=CS2(=O)=O. The Morgan fingerprint density at radius 3 is 2.56 bits per heavy atom. The van der Waals surface area contributed by atoms with Gasteiger partial charge in [-0.25, -0.2) is 16.8 Å². The minimum absolute atomic E-state index is 0.163. The zero-order valence-electron chi connectivity index (χ0n) is 9.51. The molecule has 2 heterocycles. The first-order chi connectivity index (χ1) is 8.24. The van der Waals surface area contributed by atoms with Crippen LogP contribution in [0.15, 0.2) is 11.0 Å². The Morgan fingerprint density at radius 1 is 1.50 bits per heavy atom. The third-order valence-corrected chi connectivity index (χ3v) is 8.93. The Bertz CT molecular complexity index is 636. The summed E-state index contributed by atoms with van der Waals surface area (Å²) in [6.07, 6.45) is 0.229. The molecule has 1 N–H and O–H groups in total. The predicted octanol–water partition coefficient (Wildman–Crippen LogP) is -0.443. The first-order valence-electron chi connectivity index (χ1n) is 5.29. The van der Waals surface area contributed by atoms with E-state index in [-0.39, 0.29) is 12.3 Å². The second-order valence-electron chi connectivity index (χ2n) is 4.15. The van der Waals surface area contributed by atoms with Gasteiger partial charge in [-0.3, -0.25) is 4.79 Å². The van der Waals surface area contributed by atoms with Crippen molar-refractivity contribution in [2.24, 2.45) is 0 Å². The van der Waals surface area contributed by atoms with E-state index in [1.54, 1.807) is 0 Å². The van der Waals surface area contributed by atoms with Crippen LogP contribution in [0, 0.1) is 0 Å². The zero-order chi connectivity index (χ0) is 13.8. The number of hydrogen-bond acceptors (Lipinski definition) is 5. The fourth-order valence-electron chi connectivity index (χ4n) is 2.39. The Labute approximate surface area is 110 Å². The van der Waals surface area contributed by atoms with Gasteiger partial charge in [-0.05, 0) is 12.0 Å². The monoisotopic (exact) mass is 313 g/mol. The van der Waals surface area contributed by atoms with Gasteiger partial charge < -0.3 is 5.32 Å². The maximum absolute atomic E-state index is 12.1. The number of hydrogen-bond donors (Lipinski definition) is 1. The number of β-lactam (4-membered cyclic amide) rings is 1. The molecule has 0 saturated carbocycles. The average molecular weight is 314 g/mol. The van der Waals surface area contributed by atoms with E-state index in [4.69, 9.17) is 11.6 Å². The van der Waals surface area contributed by atoms with Crippen molar-refractivity contribution in [1.82, 2.24) is 5.32 Å². The number of rotatable bonds is 4. The van der Waals surface area contributed by atoms with Gasteiger partial charge in [-0.1, -0.05) is 6.92 Å². The molecule has 2 aliphatic rings. The van der Waals surface area contributed by atoms with E-state index in [1.807, 2.05) is 0 Å². The summed E-state index contributed by atoms with van der Waals surface area (Å²) in [7, 11) is -8.22. The minimum Gasteiger partial charge on any atom is -0.344 e. The number of amides is 1. The van der Waals surface area contributed by atoms with E-state index in [9.17, 15) is 21.6 Å². The summed E-state index contributed by atoms with van der Waals surface area (Å²) in [5.74, 6) is -1.20. The maximum atomic E-state index is 12.1. The molecular weight excluding hydrogens is 302 g/mol. The minimum atomic E-state index is -4.16. The third-order valence-electron chi connectivity index (χ3n) is 3.30. The second-order valence-corrected chi connectivity index (χ2v) is 9.21. The molecule has 0 unspecified atom stereocenters. The topological polar surface area (TPSA) is 97.4 Å². The third kappa shape index (κ3) is 1.36. The quantitative estimate of drug-likeness (QED) is 0.560. The van der Waals surface area contributed by atoms with Gasteiger partial charge in [0, 0.05) is 17.0 Å². The van der Waals surface area contributed by atoms with Crippen LogP contribution in [-0.2, 0) is 24.5 Å². The van der Waals surface area contributed by atoms with Crippen molar-refractivity contribution in [3.8, 4) is 0 Å². The number of nitrogens with one attached hydrogen (secondary N) is 1. The fraction of sp³-hybridized carbons (Fsp3) is 0.667. The molecule has 0 aliphatic carbocycles. The first-order valence-corrected chi connectivity index (χ1v) is 9.02. The van der Waals surface area contributed by atoms with Crippen LogP contribution in [0.5, 0.6) is 0 Å². The molecule has 0 aromatic heterocycles. The molecule has 1 amide bonds. The van der Waals surface area contributed by atoms with Crippen molar-refractivity contribution >= 4 is 37.2 Å². The summed E-state index contributed by atoms with van der Waals surface area (Å²) in [5, 5.41) is 3.23. The van der Waals surface area contributed by atoms with Crippen molar-refractivity contribution in [3.63, 3.8) is 0 Å². The predicted molar refractivity (Wildman–Crippen MR) is 66.5 cm³/mol. The summed E-state index contributed by atoms with van der Waals surface area (Å²) in [6.45, 7) is 1.32. The summed E-state index contributed by atoms with van der Waals surface area (Å²) in [5.41, 5.74) is 0.349. The van der Waals surface area contributed by atoms with Gasteiger partial charge in [0.1, 0.15) is 0 Å². The van der Waals surface area contributed by atoms with Crippen LogP contribution in [0.2, 0.25) is 0 Å². The van der Waals surface area contributed by atoms with Crippen LogP contribution in [0.1, 0.15) is 13.3 Å². The molecule has 1 fully saturated rings. The largest absolute Gasteiger partial charge is 0.344 e. The average Bonchev–Trinajstić information content (AvgIpc) is 2.42. The van der Waals surface area contributed by atoms with Gasteiger partial charge in [0.05, 0.1) is 6.04 Å². The fourth-order valence-corrected chi connectivity index (χ4v) is 7.55. The van der Waals surface area contributed by atoms with E-state index in [2.05, 4.69) is 5.32 Å². The number of halogens is 1. The van der Waals surface area contributed by atoms with E-state index in [0.29, 0.717) is 5.57 Å². The summed E-state index contributed by atoms with van der Waals surface area (Å²) in [6, 6.07) is -0.987. The Kier molecular flexibility index (Phi) is 3.03. The molecular formula is C9H12ClNO5S2. The molecule has 9 heteroatoms. The van der Waals surface area contributed by atoms with Crippen LogP contribution in [0.3, 0.4) is 0 Å². The molecule has 0 spiro atoms. The molecule has 2 aliphatic heterocycles. The Balaban J connectivity index is 2.64. The molecule has 6 nitrogen and oxygen atoms in total. The Morgan fingerprint density at radius 2 is 2.11 bits per heavy atom.